The molecule has 0 atom stereocenters. The topological polar surface area (TPSA) is 65.0 Å². The summed E-state index contributed by atoms with van der Waals surface area (Å²) < 4.78 is 13.0. The number of hydrogen-bond acceptors (Lipinski definition) is 5. The number of aromatic nitrogens is 3. The van der Waals surface area contributed by atoms with E-state index in [2.05, 4.69) is 72.8 Å². The average molecular weight is 642 g/mol. The Morgan fingerprint density at radius 1 is 0.300 bits per heavy atom. The van der Waals surface area contributed by atoms with Gasteiger partial charge in [0, 0.05) is 38.2 Å². The highest BCUT2D eigenvalue weighted by atomic mass is 16.3. The first-order valence-corrected chi connectivity index (χ1v) is 16.6. The molecule has 0 bridgehead atoms. The Hall–Kier alpha value is -6.85. The number of rotatable bonds is 5. The van der Waals surface area contributed by atoms with Gasteiger partial charge in [0.2, 0.25) is 0 Å². The van der Waals surface area contributed by atoms with Crippen molar-refractivity contribution >= 4 is 43.9 Å². The lowest BCUT2D eigenvalue weighted by atomic mass is 9.92. The van der Waals surface area contributed by atoms with Gasteiger partial charge >= 0.3 is 0 Å². The van der Waals surface area contributed by atoms with E-state index in [1.165, 1.54) is 0 Å². The minimum absolute atomic E-state index is 0.586. The van der Waals surface area contributed by atoms with Crippen molar-refractivity contribution in [3.8, 4) is 56.4 Å². The molecule has 50 heavy (non-hydrogen) atoms. The summed E-state index contributed by atoms with van der Waals surface area (Å²) in [6.07, 6.45) is 0. The normalized spacial score (nSPS) is 11.6. The molecule has 0 aliphatic rings. The summed E-state index contributed by atoms with van der Waals surface area (Å²) in [5.74, 6) is 1.83. The number of furan rings is 2. The number of nitrogens with zero attached hydrogens (tertiary/aromatic N) is 3. The second-order valence-electron chi connectivity index (χ2n) is 12.4. The van der Waals surface area contributed by atoms with Crippen LogP contribution in [0.1, 0.15) is 0 Å². The van der Waals surface area contributed by atoms with Gasteiger partial charge in [0.15, 0.2) is 17.5 Å². The summed E-state index contributed by atoms with van der Waals surface area (Å²) >= 11 is 0. The highest BCUT2D eigenvalue weighted by Crippen LogP contribution is 2.43. The van der Waals surface area contributed by atoms with Gasteiger partial charge < -0.3 is 8.83 Å². The fraction of sp³-hybridized carbons (Fsp3) is 0. The quantitative estimate of drug-likeness (QED) is 0.187. The maximum atomic E-state index is 6.56. The second kappa shape index (κ2) is 11.4. The molecule has 234 valence electrons. The van der Waals surface area contributed by atoms with Crippen molar-refractivity contribution in [2.24, 2.45) is 0 Å². The molecule has 7 aromatic carbocycles. The van der Waals surface area contributed by atoms with E-state index in [-0.39, 0.29) is 0 Å². The minimum Gasteiger partial charge on any atom is -0.456 e. The number of benzene rings is 7. The summed E-state index contributed by atoms with van der Waals surface area (Å²) in [5.41, 5.74) is 10.4. The highest BCUT2D eigenvalue weighted by molar-refractivity contribution is 6.17. The molecule has 0 spiro atoms. The molecule has 0 unspecified atom stereocenters. The van der Waals surface area contributed by atoms with Crippen LogP contribution in [0.3, 0.4) is 0 Å². The largest absolute Gasteiger partial charge is 0.456 e. The van der Waals surface area contributed by atoms with Crippen molar-refractivity contribution in [3.05, 3.63) is 164 Å². The molecule has 5 heteroatoms. The molecule has 0 saturated carbocycles. The first-order chi connectivity index (χ1) is 24.8. The Bertz CT molecular complexity index is 2800. The lowest BCUT2D eigenvalue weighted by molar-refractivity contribution is 0.668. The van der Waals surface area contributed by atoms with Crippen LogP contribution in [0.4, 0.5) is 0 Å². The van der Waals surface area contributed by atoms with Crippen molar-refractivity contribution < 1.29 is 8.83 Å². The van der Waals surface area contributed by atoms with Gasteiger partial charge in [-0.15, -0.1) is 0 Å². The average Bonchev–Trinajstić information content (AvgIpc) is 3.76. The number of para-hydroxylation sites is 1. The molecule has 3 aromatic heterocycles. The first kappa shape index (κ1) is 28.2. The molecular weight excluding hydrogens is 615 g/mol. The standard InChI is InChI=1S/C45H27N3O2/c1-4-13-28(14-5-1)36-25-32(27-40-42(36)34-19-10-11-21-37(34)49-40)33-20-12-22-38-41(33)35-24-23-31(26-39(35)50-38)45-47-43(29-15-6-2-7-16-29)46-44(48-45)30-17-8-3-9-18-30/h1-27H. The van der Waals surface area contributed by atoms with Crippen LogP contribution in [-0.4, -0.2) is 15.0 Å². The van der Waals surface area contributed by atoms with Crippen LogP contribution >= 0.6 is 0 Å². The second-order valence-corrected chi connectivity index (χ2v) is 12.4. The Morgan fingerprint density at radius 2 is 0.820 bits per heavy atom. The van der Waals surface area contributed by atoms with Crippen LogP contribution in [0.25, 0.3) is 100 Å². The molecule has 0 aliphatic carbocycles. The van der Waals surface area contributed by atoms with Gasteiger partial charge in [-0.3, -0.25) is 0 Å². The maximum absolute atomic E-state index is 6.56. The van der Waals surface area contributed by atoms with E-state index in [0.29, 0.717) is 17.5 Å². The Labute approximate surface area is 287 Å². The summed E-state index contributed by atoms with van der Waals surface area (Å²) in [7, 11) is 0. The van der Waals surface area contributed by atoms with Gasteiger partial charge in [0.1, 0.15) is 22.3 Å². The van der Waals surface area contributed by atoms with Crippen LogP contribution in [0.15, 0.2) is 173 Å². The zero-order valence-electron chi connectivity index (χ0n) is 26.7. The minimum atomic E-state index is 0.586. The molecular formula is C45H27N3O2. The molecule has 0 amide bonds. The molecule has 10 aromatic rings. The zero-order chi connectivity index (χ0) is 33.0. The van der Waals surface area contributed by atoms with Crippen molar-refractivity contribution in [1.29, 1.82) is 0 Å². The van der Waals surface area contributed by atoms with Crippen LogP contribution in [-0.2, 0) is 0 Å². The van der Waals surface area contributed by atoms with Gasteiger partial charge in [0.25, 0.3) is 0 Å². The van der Waals surface area contributed by atoms with Crippen LogP contribution in [0, 0.1) is 0 Å². The van der Waals surface area contributed by atoms with E-state index in [0.717, 1.165) is 82.8 Å². The van der Waals surface area contributed by atoms with Gasteiger partial charge in [-0.05, 0) is 58.7 Å². The molecule has 0 aliphatic heterocycles. The number of hydrogen-bond donors (Lipinski definition) is 0. The monoisotopic (exact) mass is 641 g/mol. The smallest absolute Gasteiger partial charge is 0.164 e. The fourth-order valence-electron chi connectivity index (χ4n) is 7.00. The van der Waals surface area contributed by atoms with E-state index >= 15 is 0 Å². The van der Waals surface area contributed by atoms with Gasteiger partial charge in [0.05, 0.1) is 0 Å². The zero-order valence-corrected chi connectivity index (χ0v) is 26.7. The predicted molar refractivity (Wildman–Crippen MR) is 202 cm³/mol. The summed E-state index contributed by atoms with van der Waals surface area (Å²) in [6, 6.07) is 55.7. The lowest BCUT2D eigenvalue weighted by Crippen LogP contribution is -2.00. The van der Waals surface area contributed by atoms with E-state index in [1.807, 2.05) is 91.0 Å². The summed E-state index contributed by atoms with van der Waals surface area (Å²) in [6.45, 7) is 0. The van der Waals surface area contributed by atoms with Crippen LogP contribution in [0.5, 0.6) is 0 Å². The molecule has 0 radical (unpaired) electrons. The third-order valence-corrected chi connectivity index (χ3v) is 9.33. The van der Waals surface area contributed by atoms with Crippen LogP contribution in [0.2, 0.25) is 0 Å². The third-order valence-electron chi connectivity index (χ3n) is 9.33. The van der Waals surface area contributed by atoms with Crippen molar-refractivity contribution in [3.63, 3.8) is 0 Å². The fourth-order valence-corrected chi connectivity index (χ4v) is 7.00. The first-order valence-electron chi connectivity index (χ1n) is 16.6. The Kier molecular flexibility index (Phi) is 6.42. The summed E-state index contributed by atoms with van der Waals surface area (Å²) in [4.78, 5) is 14.7. The van der Waals surface area contributed by atoms with Gasteiger partial charge in [-0.2, -0.15) is 0 Å². The Morgan fingerprint density at radius 3 is 1.52 bits per heavy atom. The molecule has 0 fully saturated rings. The van der Waals surface area contributed by atoms with Gasteiger partial charge in [-0.1, -0.05) is 127 Å². The number of fused-ring (bicyclic) bond motifs is 6. The Balaban J connectivity index is 1.15. The van der Waals surface area contributed by atoms with E-state index in [9.17, 15) is 0 Å². The molecule has 3 heterocycles. The molecule has 0 saturated heterocycles. The van der Waals surface area contributed by atoms with Gasteiger partial charge in [-0.25, -0.2) is 15.0 Å². The van der Waals surface area contributed by atoms with Crippen molar-refractivity contribution in [2.45, 2.75) is 0 Å². The van der Waals surface area contributed by atoms with Crippen molar-refractivity contribution in [1.82, 2.24) is 15.0 Å². The predicted octanol–water partition coefficient (Wildman–Crippen LogP) is 12.0. The molecule has 5 nitrogen and oxygen atoms in total. The van der Waals surface area contributed by atoms with Crippen LogP contribution < -0.4 is 0 Å². The maximum Gasteiger partial charge on any atom is 0.164 e. The summed E-state index contributed by atoms with van der Waals surface area (Å²) in [5, 5.41) is 4.29. The SMILES string of the molecule is c1ccc(-c2nc(-c3ccccc3)nc(-c3ccc4c(c3)oc3cccc(-c5cc(-c6ccccc6)c6c(c5)oc5ccccc56)c34)n2)cc1. The van der Waals surface area contributed by atoms with E-state index < -0.39 is 0 Å². The highest BCUT2D eigenvalue weighted by Gasteiger charge is 2.19. The third kappa shape index (κ3) is 4.67. The van der Waals surface area contributed by atoms with Crippen molar-refractivity contribution in [2.75, 3.05) is 0 Å². The molecule has 0 N–H and O–H groups in total. The van der Waals surface area contributed by atoms with E-state index in [1.54, 1.807) is 0 Å². The van der Waals surface area contributed by atoms with E-state index in [4.69, 9.17) is 23.8 Å². The molecule has 10 rings (SSSR count). The lowest BCUT2D eigenvalue weighted by Gasteiger charge is -2.10.